The van der Waals surface area contributed by atoms with Crippen LogP contribution >= 0.6 is 11.3 Å². The quantitative estimate of drug-likeness (QED) is 0.782. The molecule has 0 saturated heterocycles. The summed E-state index contributed by atoms with van der Waals surface area (Å²) in [7, 11) is 2.26. The van der Waals surface area contributed by atoms with Crippen molar-refractivity contribution < 1.29 is 0 Å². The Labute approximate surface area is 128 Å². The molecule has 1 aliphatic carbocycles. The summed E-state index contributed by atoms with van der Waals surface area (Å²) in [6, 6.07) is 2.40. The van der Waals surface area contributed by atoms with Gasteiger partial charge in [-0.15, -0.1) is 11.3 Å². The Morgan fingerprint density at radius 1 is 1.45 bits per heavy atom. The summed E-state index contributed by atoms with van der Waals surface area (Å²) in [4.78, 5) is 5.46. The van der Waals surface area contributed by atoms with Crippen molar-refractivity contribution in [2.75, 3.05) is 20.1 Å². The van der Waals surface area contributed by atoms with Crippen LogP contribution in [0.1, 0.15) is 42.5 Å². The molecule has 1 aromatic rings. The number of nitrogens with zero attached hydrogens (tertiary/aromatic N) is 1. The van der Waals surface area contributed by atoms with E-state index in [2.05, 4.69) is 51.0 Å². The zero-order valence-electron chi connectivity index (χ0n) is 13.7. The van der Waals surface area contributed by atoms with Crippen molar-refractivity contribution in [2.45, 2.75) is 47.2 Å². The van der Waals surface area contributed by atoms with Gasteiger partial charge in [-0.25, -0.2) is 0 Å². The van der Waals surface area contributed by atoms with Crippen molar-refractivity contribution in [1.82, 2.24) is 10.2 Å². The van der Waals surface area contributed by atoms with Gasteiger partial charge in [0.1, 0.15) is 0 Å². The molecule has 3 heteroatoms. The van der Waals surface area contributed by atoms with Crippen molar-refractivity contribution in [3.05, 3.63) is 21.4 Å². The highest BCUT2D eigenvalue weighted by molar-refractivity contribution is 7.12. The molecule has 0 aromatic carbocycles. The molecule has 0 aliphatic heterocycles. The van der Waals surface area contributed by atoms with Gasteiger partial charge < -0.3 is 10.2 Å². The summed E-state index contributed by atoms with van der Waals surface area (Å²) < 4.78 is 0. The van der Waals surface area contributed by atoms with E-state index in [0.717, 1.165) is 37.4 Å². The van der Waals surface area contributed by atoms with Crippen LogP contribution < -0.4 is 5.32 Å². The summed E-state index contributed by atoms with van der Waals surface area (Å²) in [5.41, 5.74) is 1.52. The molecular weight excluding hydrogens is 264 g/mol. The van der Waals surface area contributed by atoms with Gasteiger partial charge in [0.2, 0.25) is 0 Å². The maximum absolute atomic E-state index is 3.54. The minimum absolute atomic E-state index is 0.724. The molecule has 2 nitrogen and oxygen atoms in total. The molecule has 0 amide bonds. The smallest absolute Gasteiger partial charge is 0.0300 e. The maximum Gasteiger partial charge on any atom is 0.0300 e. The first kappa shape index (κ1) is 16.0. The second-order valence-corrected chi connectivity index (χ2v) is 8.33. The lowest BCUT2D eigenvalue weighted by Gasteiger charge is -2.16. The normalized spacial score (nSPS) is 21.9. The molecule has 0 bridgehead atoms. The lowest BCUT2D eigenvalue weighted by molar-refractivity contribution is 0.307. The molecular formula is C17H30N2S. The predicted octanol–water partition coefficient (Wildman–Crippen LogP) is 3.89. The average molecular weight is 295 g/mol. The van der Waals surface area contributed by atoms with Gasteiger partial charge in [0.15, 0.2) is 0 Å². The average Bonchev–Trinajstić information content (AvgIpc) is 2.91. The van der Waals surface area contributed by atoms with Crippen LogP contribution in [0.4, 0.5) is 0 Å². The highest BCUT2D eigenvalue weighted by Crippen LogP contribution is 2.38. The molecule has 1 heterocycles. The van der Waals surface area contributed by atoms with Crippen molar-refractivity contribution >= 4 is 11.3 Å². The summed E-state index contributed by atoms with van der Waals surface area (Å²) in [6.45, 7) is 13.6. The van der Waals surface area contributed by atoms with Gasteiger partial charge in [-0.05, 0) is 56.3 Å². The summed E-state index contributed by atoms with van der Waals surface area (Å²) in [5, 5.41) is 3.54. The lowest BCUT2D eigenvalue weighted by atomic mass is 10.2. The number of aryl methyl sites for hydroxylation is 1. The highest BCUT2D eigenvalue weighted by atomic mass is 32.1. The van der Waals surface area contributed by atoms with Crippen molar-refractivity contribution in [3.63, 3.8) is 0 Å². The molecule has 0 radical (unpaired) electrons. The molecule has 2 unspecified atom stereocenters. The van der Waals surface area contributed by atoms with E-state index >= 15 is 0 Å². The third-order valence-corrected chi connectivity index (χ3v) is 5.28. The third-order valence-electron chi connectivity index (χ3n) is 4.19. The second kappa shape index (κ2) is 7.06. The fourth-order valence-electron chi connectivity index (χ4n) is 2.72. The Morgan fingerprint density at radius 3 is 2.75 bits per heavy atom. The maximum atomic E-state index is 3.54. The number of thiophene rings is 1. The number of hydrogen-bond acceptors (Lipinski definition) is 3. The first-order valence-corrected chi connectivity index (χ1v) is 8.74. The Kier molecular flexibility index (Phi) is 5.65. The largest absolute Gasteiger partial charge is 0.312 e. The van der Waals surface area contributed by atoms with Crippen LogP contribution in [-0.2, 0) is 13.1 Å². The number of rotatable bonds is 8. The minimum Gasteiger partial charge on any atom is -0.312 e. The molecule has 1 N–H and O–H groups in total. The predicted molar refractivity (Wildman–Crippen MR) is 89.2 cm³/mol. The van der Waals surface area contributed by atoms with Crippen LogP contribution in [0.15, 0.2) is 6.07 Å². The summed E-state index contributed by atoms with van der Waals surface area (Å²) >= 11 is 1.95. The van der Waals surface area contributed by atoms with E-state index in [1.54, 1.807) is 0 Å². The van der Waals surface area contributed by atoms with E-state index in [1.807, 2.05) is 11.3 Å². The van der Waals surface area contributed by atoms with Crippen LogP contribution in [0.5, 0.6) is 0 Å². The first-order valence-electron chi connectivity index (χ1n) is 7.93. The van der Waals surface area contributed by atoms with Gasteiger partial charge in [-0.3, -0.25) is 0 Å². The van der Waals surface area contributed by atoms with E-state index in [1.165, 1.54) is 28.3 Å². The molecule has 2 rings (SSSR count). The van der Waals surface area contributed by atoms with Crippen molar-refractivity contribution in [3.8, 4) is 0 Å². The van der Waals surface area contributed by atoms with Crippen LogP contribution in [0.25, 0.3) is 0 Å². The van der Waals surface area contributed by atoms with E-state index in [-0.39, 0.29) is 0 Å². The van der Waals surface area contributed by atoms with E-state index in [0.29, 0.717) is 0 Å². The summed E-state index contributed by atoms with van der Waals surface area (Å²) in [5.74, 6) is 2.63. The minimum atomic E-state index is 0.724. The van der Waals surface area contributed by atoms with Crippen LogP contribution in [0.3, 0.4) is 0 Å². The summed E-state index contributed by atoms with van der Waals surface area (Å²) in [6.07, 6.45) is 1.43. The van der Waals surface area contributed by atoms with Crippen molar-refractivity contribution in [2.24, 2.45) is 17.8 Å². The van der Waals surface area contributed by atoms with E-state index in [4.69, 9.17) is 0 Å². The van der Waals surface area contributed by atoms with Gasteiger partial charge in [0.25, 0.3) is 0 Å². The molecule has 2 atom stereocenters. The molecule has 1 aromatic heterocycles. The first-order chi connectivity index (χ1) is 9.45. The Morgan fingerprint density at radius 2 is 2.15 bits per heavy atom. The van der Waals surface area contributed by atoms with Gasteiger partial charge in [-0.2, -0.15) is 0 Å². The molecule has 0 spiro atoms. The Hall–Kier alpha value is -0.380. The zero-order chi connectivity index (χ0) is 14.7. The topological polar surface area (TPSA) is 15.3 Å². The standard InChI is InChI=1S/C17H30N2S/c1-12(2)8-18-9-17-7-16(14(4)20-17)11-19(5)10-15-6-13(15)3/h7,12-13,15,18H,6,8-11H2,1-5H3. The Balaban J connectivity index is 1.80. The second-order valence-electron chi connectivity index (χ2n) is 6.99. The highest BCUT2D eigenvalue weighted by Gasteiger charge is 2.33. The molecule has 1 aliphatic rings. The van der Waals surface area contributed by atoms with Gasteiger partial charge in [0, 0.05) is 29.4 Å². The van der Waals surface area contributed by atoms with Crippen LogP contribution in [0, 0.1) is 24.7 Å². The van der Waals surface area contributed by atoms with Gasteiger partial charge >= 0.3 is 0 Å². The fraction of sp³-hybridized carbons (Fsp3) is 0.765. The van der Waals surface area contributed by atoms with E-state index in [9.17, 15) is 0 Å². The van der Waals surface area contributed by atoms with Crippen molar-refractivity contribution in [1.29, 1.82) is 0 Å². The van der Waals surface area contributed by atoms with Gasteiger partial charge in [-0.1, -0.05) is 20.8 Å². The number of nitrogens with one attached hydrogen (secondary N) is 1. The Bertz CT molecular complexity index is 425. The van der Waals surface area contributed by atoms with Gasteiger partial charge in [0.05, 0.1) is 0 Å². The molecule has 114 valence electrons. The third kappa shape index (κ3) is 4.87. The molecule has 20 heavy (non-hydrogen) atoms. The van der Waals surface area contributed by atoms with E-state index < -0.39 is 0 Å². The lowest BCUT2D eigenvalue weighted by Crippen LogP contribution is -2.21. The zero-order valence-corrected chi connectivity index (χ0v) is 14.5. The monoisotopic (exact) mass is 294 g/mol. The number of hydrogen-bond donors (Lipinski definition) is 1. The fourth-order valence-corrected chi connectivity index (χ4v) is 3.75. The SMILES string of the molecule is Cc1sc(CNCC(C)C)cc1CN(C)CC1CC1C. The molecule has 1 saturated carbocycles. The van der Waals surface area contributed by atoms with Crippen LogP contribution in [-0.4, -0.2) is 25.0 Å². The molecule has 1 fully saturated rings. The van der Waals surface area contributed by atoms with Crippen LogP contribution in [0.2, 0.25) is 0 Å².